The van der Waals surface area contributed by atoms with Gasteiger partial charge in [0.1, 0.15) is 0 Å². The van der Waals surface area contributed by atoms with Crippen molar-refractivity contribution in [2.75, 3.05) is 7.11 Å². The van der Waals surface area contributed by atoms with E-state index in [0.717, 1.165) is 19.3 Å². The fourth-order valence-electron chi connectivity index (χ4n) is 2.67. The van der Waals surface area contributed by atoms with Crippen LogP contribution in [0.2, 0.25) is 0 Å². The number of hydrogen-bond donors (Lipinski definition) is 0. The van der Waals surface area contributed by atoms with E-state index in [1.54, 1.807) is 0 Å². The van der Waals surface area contributed by atoms with Gasteiger partial charge in [-0.2, -0.15) is 0 Å². The summed E-state index contributed by atoms with van der Waals surface area (Å²) in [6.45, 7) is 4.34. The van der Waals surface area contributed by atoms with Gasteiger partial charge in [-0.25, -0.2) is 0 Å². The van der Waals surface area contributed by atoms with Crippen LogP contribution in [0.5, 0.6) is 0 Å². The van der Waals surface area contributed by atoms with E-state index < -0.39 is 0 Å². The third-order valence-electron chi connectivity index (χ3n) is 3.89. The minimum absolute atomic E-state index is 0.0200. The molecule has 0 aromatic heterocycles. The van der Waals surface area contributed by atoms with Crippen molar-refractivity contribution in [3.63, 3.8) is 0 Å². The van der Waals surface area contributed by atoms with E-state index >= 15 is 0 Å². The molecule has 0 aromatic carbocycles. The van der Waals surface area contributed by atoms with Crippen LogP contribution < -0.4 is 0 Å². The zero-order valence-electron chi connectivity index (χ0n) is 9.64. The average molecular weight is 198 g/mol. The molecule has 1 aliphatic carbocycles. The van der Waals surface area contributed by atoms with Gasteiger partial charge in [0.05, 0.1) is 12.5 Å². The Morgan fingerprint density at radius 2 is 1.93 bits per heavy atom. The molecule has 0 bridgehead atoms. The van der Waals surface area contributed by atoms with Crippen molar-refractivity contribution in [1.82, 2.24) is 0 Å². The number of esters is 1. The fourth-order valence-corrected chi connectivity index (χ4v) is 2.67. The van der Waals surface area contributed by atoms with Gasteiger partial charge in [0.2, 0.25) is 0 Å². The highest BCUT2D eigenvalue weighted by Gasteiger charge is 2.44. The van der Waals surface area contributed by atoms with Crippen LogP contribution in [-0.2, 0) is 9.53 Å². The van der Waals surface area contributed by atoms with Crippen molar-refractivity contribution < 1.29 is 9.53 Å². The predicted octanol–water partition coefficient (Wildman–Crippen LogP) is 3.16. The van der Waals surface area contributed by atoms with Gasteiger partial charge in [-0.3, -0.25) is 4.79 Å². The van der Waals surface area contributed by atoms with Gasteiger partial charge in [0.25, 0.3) is 0 Å². The Kier molecular flexibility index (Phi) is 3.97. The van der Waals surface area contributed by atoms with Crippen molar-refractivity contribution in [2.24, 2.45) is 11.3 Å². The highest BCUT2D eigenvalue weighted by molar-refractivity contribution is 5.77. The van der Waals surface area contributed by atoms with Crippen molar-refractivity contribution in [2.45, 2.75) is 52.4 Å². The Balaban J connectivity index is 2.82. The molecule has 1 atom stereocenters. The molecule has 0 saturated heterocycles. The molecular formula is C12H22O2. The molecule has 0 aromatic rings. The van der Waals surface area contributed by atoms with Crippen molar-refractivity contribution in [3.05, 3.63) is 0 Å². The van der Waals surface area contributed by atoms with Crippen LogP contribution in [0.25, 0.3) is 0 Å². The van der Waals surface area contributed by atoms with Crippen LogP contribution in [-0.4, -0.2) is 13.1 Å². The zero-order valence-corrected chi connectivity index (χ0v) is 9.64. The summed E-state index contributed by atoms with van der Waals surface area (Å²) in [5.41, 5.74) is -0.165. The maximum Gasteiger partial charge on any atom is 0.312 e. The molecule has 0 heterocycles. The lowest BCUT2D eigenvalue weighted by atomic mass is 9.65. The van der Waals surface area contributed by atoms with Crippen LogP contribution in [0, 0.1) is 11.3 Å². The molecule has 0 N–H and O–H groups in total. The fraction of sp³-hybridized carbons (Fsp3) is 0.917. The summed E-state index contributed by atoms with van der Waals surface area (Å²) >= 11 is 0. The smallest absolute Gasteiger partial charge is 0.312 e. The van der Waals surface area contributed by atoms with E-state index in [0.29, 0.717) is 5.92 Å². The van der Waals surface area contributed by atoms with E-state index in [1.807, 2.05) is 0 Å². The Bertz CT molecular complexity index is 192. The first kappa shape index (κ1) is 11.5. The number of rotatable bonds is 3. The Morgan fingerprint density at radius 3 is 2.36 bits per heavy atom. The molecule has 1 unspecified atom stereocenters. The van der Waals surface area contributed by atoms with Gasteiger partial charge in [-0.1, -0.05) is 39.5 Å². The van der Waals surface area contributed by atoms with E-state index in [9.17, 15) is 4.79 Å². The maximum absolute atomic E-state index is 11.9. The maximum atomic E-state index is 11.9. The van der Waals surface area contributed by atoms with Crippen LogP contribution in [0.4, 0.5) is 0 Å². The average Bonchev–Trinajstić information content (AvgIpc) is 2.27. The Labute approximate surface area is 87.0 Å². The van der Waals surface area contributed by atoms with Crippen LogP contribution in [0.1, 0.15) is 52.4 Å². The summed E-state index contributed by atoms with van der Waals surface area (Å²) in [4.78, 5) is 11.9. The first-order valence-electron chi connectivity index (χ1n) is 5.75. The summed E-state index contributed by atoms with van der Waals surface area (Å²) in [5, 5.41) is 0. The summed E-state index contributed by atoms with van der Waals surface area (Å²) in [7, 11) is 1.51. The number of hydrogen-bond acceptors (Lipinski definition) is 2. The standard InChI is InChI=1S/C12H22O2/c1-4-10(2)12(11(13)14-3)8-6-5-7-9-12/h10H,4-9H2,1-3H3. The molecular weight excluding hydrogens is 176 g/mol. The van der Waals surface area contributed by atoms with E-state index in [1.165, 1.54) is 26.4 Å². The monoisotopic (exact) mass is 198 g/mol. The highest BCUT2D eigenvalue weighted by atomic mass is 16.5. The van der Waals surface area contributed by atoms with E-state index in [4.69, 9.17) is 4.74 Å². The SMILES string of the molecule is CCC(C)C1(C(=O)OC)CCCCC1. The minimum Gasteiger partial charge on any atom is -0.469 e. The number of methoxy groups -OCH3 is 1. The topological polar surface area (TPSA) is 26.3 Å². The number of carbonyl (C=O) groups is 1. The Morgan fingerprint density at radius 1 is 1.36 bits per heavy atom. The molecule has 2 nitrogen and oxygen atoms in total. The third-order valence-corrected chi connectivity index (χ3v) is 3.89. The molecule has 2 heteroatoms. The highest BCUT2D eigenvalue weighted by Crippen LogP contribution is 2.44. The molecule has 0 aliphatic heterocycles. The lowest BCUT2D eigenvalue weighted by molar-refractivity contribution is -0.159. The molecule has 0 radical (unpaired) electrons. The molecule has 82 valence electrons. The summed E-state index contributed by atoms with van der Waals surface area (Å²) in [6, 6.07) is 0. The van der Waals surface area contributed by atoms with E-state index in [-0.39, 0.29) is 11.4 Å². The lowest BCUT2D eigenvalue weighted by Crippen LogP contribution is -2.40. The van der Waals surface area contributed by atoms with Gasteiger partial charge < -0.3 is 4.74 Å². The van der Waals surface area contributed by atoms with Crippen LogP contribution in [0.3, 0.4) is 0 Å². The van der Waals surface area contributed by atoms with Gasteiger partial charge in [-0.05, 0) is 18.8 Å². The molecule has 1 saturated carbocycles. The van der Waals surface area contributed by atoms with Crippen LogP contribution in [0.15, 0.2) is 0 Å². The normalized spacial score (nSPS) is 22.8. The molecule has 1 fully saturated rings. The second-order valence-electron chi connectivity index (χ2n) is 4.52. The summed E-state index contributed by atoms with van der Waals surface area (Å²) < 4.78 is 4.98. The first-order chi connectivity index (χ1) is 6.67. The molecule has 0 spiro atoms. The third kappa shape index (κ3) is 1.94. The Hall–Kier alpha value is -0.530. The molecule has 0 amide bonds. The van der Waals surface area contributed by atoms with Gasteiger partial charge in [0, 0.05) is 0 Å². The largest absolute Gasteiger partial charge is 0.469 e. The van der Waals surface area contributed by atoms with E-state index in [2.05, 4.69) is 13.8 Å². The van der Waals surface area contributed by atoms with Gasteiger partial charge in [-0.15, -0.1) is 0 Å². The van der Waals surface area contributed by atoms with Crippen LogP contribution >= 0.6 is 0 Å². The lowest BCUT2D eigenvalue weighted by Gasteiger charge is -2.39. The number of carbonyl (C=O) groups excluding carboxylic acids is 1. The van der Waals surface area contributed by atoms with Gasteiger partial charge in [0.15, 0.2) is 0 Å². The molecule has 1 aliphatic rings. The predicted molar refractivity (Wildman–Crippen MR) is 57.0 cm³/mol. The molecule has 14 heavy (non-hydrogen) atoms. The minimum atomic E-state index is -0.165. The van der Waals surface area contributed by atoms with Crippen molar-refractivity contribution in [1.29, 1.82) is 0 Å². The second-order valence-corrected chi connectivity index (χ2v) is 4.52. The first-order valence-corrected chi connectivity index (χ1v) is 5.75. The number of ether oxygens (including phenoxy) is 1. The van der Waals surface area contributed by atoms with Crippen molar-refractivity contribution in [3.8, 4) is 0 Å². The zero-order chi connectivity index (χ0) is 10.6. The molecule has 1 rings (SSSR count). The van der Waals surface area contributed by atoms with Crippen molar-refractivity contribution >= 4 is 5.97 Å². The summed E-state index contributed by atoms with van der Waals surface area (Å²) in [6.07, 6.45) is 6.74. The quantitative estimate of drug-likeness (QED) is 0.651. The second kappa shape index (κ2) is 4.81. The van der Waals surface area contributed by atoms with Gasteiger partial charge >= 0.3 is 5.97 Å². The summed E-state index contributed by atoms with van der Waals surface area (Å²) in [5.74, 6) is 0.474.